The van der Waals surface area contributed by atoms with Gasteiger partial charge < -0.3 is 20.3 Å². The summed E-state index contributed by atoms with van der Waals surface area (Å²) in [6.07, 6.45) is 33.9. The number of nitrogens with zero attached hydrogens (tertiary/aromatic N) is 2. The second kappa shape index (κ2) is 28.2. The number of carbonyl (C=O) groups is 2. The van der Waals surface area contributed by atoms with E-state index in [4.69, 9.17) is 31.4 Å². The monoisotopic (exact) mass is 1150 g/mol. The van der Waals surface area contributed by atoms with E-state index in [2.05, 4.69) is 28.6 Å². The molecule has 0 radical (unpaired) electrons. The highest BCUT2D eigenvalue weighted by atomic mass is 32.2. The fourth-order valence-electron chi connectivity index (χ4n) is 18.4. The maximum absolute atomic E-state index is 14.5. The number of fused-ring (bicyclic) bond motifs is 6. The number of sulfone groups is 2. The molecule has 8 N–H and O–H groups in total. The van der Waals surface area contributed by atoms with Crippen LogP contribution in [0.25, 0.3) is 0 Å². The van der Waals surface area contributed by atoms with Crippen LogP contribution in [0.15, 0.2) is 10.2 Å². The third-order valence-electron chi connectivity index (χ3n) is 23.0. The van der Waals surface area contributed by atoms with E-state index in [1.807, 2.05) is 0 Å². The van der Waals surface area contributed by atoms with Crippen molar-refractivity contribution < 1.29 is 35.9 Å². The molecule has 18 heteroatoms. The summed E-state index contributed by atoms with van der Waals surface area (Å²) < 4.78 is 67.6. The van der Waals surface area contributed by atoms with Gasteiger partial charge in [0.15, 0.2) is 19.7 Å². The molecule has 0 heterocycles. The van der Waals surface area contributed by atoms with Crippen LogP contribution >= 0.6 is 0 Å². The minimum absolute atomic E-state index is 0.175. The molecule has 0 bridgehead atoms. The van der Waals surface area contributed by atoms with Crippen molar-refractivity contribution in [1.82, 2.24) is 21.7 Å². The molecule has 10 aliphatic rings. The predicted molar refractivity (Wildman–Crippen MR) is 316 cm³/mol. The van der Waals surface area contributed by atoms with Crippen molar-refractivity contribution in [3.8, 4) is 0 Å². The smallest absolute Gasteiger partial charge is 0.312 e. The Balaban J connectivity index is 0.729. The van der Waals surface area contributed by atoms with Gasteiger partial charge in [-0.3, -0.25) is 32.1 Å². The van der Waals surface area contributed by atoms with Crippen LogP contribution in [-0.2, 0) is 38.7 Å². The van der Waals surface area contributed by atoms with Crippen LogP contribution in [0.1, 0.15) is 251 Å². The number of nitrogens with two attached hydrogens (primary N) is 2. The van der Waals surface area contributed by atoms with Gasteiger partial charge in [-0.2, -0.15) is 10.2 Å². The fourth-order valence-corrected chi connectivity index (χ4v) is 23.2. The second-order valence-corrected chi connectivity index (χ2v) is 32.6. The molecule has 454 valence electrons. The number of hydrogen-bond acceptors (Lipinski definition) is 16. The van der Waals surface area contributed by atoms with Crippen LogP contribution in [0.3, 0.4) is 0 Å². The van der Waals surface area contributed by atoms with Crippen LogP contribution in [-0.4, -0.2) is 91.7 Å². The molecule has 16 nitrogen and oxygen atoms in total. The summed E-state index contributed by atoms with van der Waals surface area (Å²) in [4.78, 5) is 28.9. The summed E-state index contributed by atoms with van der Waals surface area (Å²) in [6.45, 7) is 2.24. The summed E-state index contributed by atoms with van der Waals surface area (Å²) in [6, 6.07) is 0.782. The Labute approximate surface area is 481 Å². The lowest BCUT2D eigenvalue weighted by atomic mass is 9.70. The first-order valence-corrected chi connectivity index (χ1v) is 36.5. The second-order valence-electron chi connectivity index (χ2n) is 27.6. The number of nitrogens with one attached hydrogen (secondary N) is 4. The van der Waals surface area contributed by atoms with Gasteiger partial charge in [-0.25, -0.2) is 16.8 Å². The van der Waals surface area contributed by atoms with Gasteiger partial charge in [-0.05, 0) is 197 Å². The molecule has 10 fully saturated rings. The normalized spacial score (nSPS) is 40.0. The van der Waals surface area contributed by atoms with Gasteiger partial charge in [0.05, 0.1) is 32.8 Å². The summed E-state index contributed by atoms with van der Waals surface area (Å²) in [7, 11) is -6.36. The Hall–Kier alpha value is -2.38. The lowest BCUT2D eigenvalue weighted by molar-refractivity contribution is -0.197. The zero-order valence-corrected chi connectivity index (χ0v) is 50.6. The Kier molecular flexibility index (Phi) is 21.4. The van der Waals surface area contributed by atoms with Gasteiger partial charge in [-0.15, -0.1) is 0 Å². The molecule has 80 heavy (non-hydrogen) atoms. The van der Waals surface area contributed by atoms with E-state index in [1.165, 1.54) is 62.8 Å². The molecule has 0 amide bonds. The van der Waals surface area contributed by atoms with E-state index in [1.54, 1.807) is 0 Å². The average molecular weight is 1160 g/mol. The van der Waals surface area contributed by atoms with E-state index in [9.17, 15) is 26.4 Å². The van der Waals surface area contributed by atoms with Gasteiger partial charge in [0, 0.05) is 65.7 Å². The van der Waals surface area contributed by atoms with E-state index < -0.39 is 26.0 Å². The molecule has 0 aromatic rings. The van der Waals surface area contributed by atoms with Crippen molar-refractivity contribution in [3.05, 3.63) is 0 Å². The first-order valence-electron chi connectivity index (χ1n) is 33.3. The molecule has 0 aromatic carbocycles. The Morgan fingerprint density at radius 3 is 1.19 bits per heavy atom. The van der Waals surface area contributed by atoms with Gasteiger partial charge in [0.25, 0.3) is 0 Å². The highest BCUT2D eigenvalue weighted by molar-refractivity contribution is 7.92. The van der Waals surface area contributed by atoms with Crippen LogP contribution in [0.4, 0.5) is 0 Å². The number of ether oxygens (including phenoxy) is 2. The largest absolute Gasteiger partial charge is 0.425 e. The molecule has 10 unspecified atom stereocenters. The topological polar surface area (TPSA) is 246 Å². The van der Waals surface area contributed by atoms with Crippen molar-refractivity contribution >= 4 is 43.0 Å². The van der Waals surface area contributed by atoms with E-state index in [-0.39, 0.29) is 68.9 Å². The molecule has 0 saturated heterocycles. The highest BCUT2D eigenvalue weighted by Crippen LogP contribution is 2.56. The fraction of sp³-hybridized carbons (Fsp3) is 0.935. The summed E-state index contributed by atoms with van der Waals surface area (Å²) in [5, 5.41) is 9.50. The standard InChI is InChI=1S/C62H106N8O8S2/c1-2-3-4-5-6-7-8-17-58(77-61(71)40-18-36-54-56(38-40)50-13-9-11-15-52(50)59(54)69-67-44-24-32-48(33-25-44)79(73,74)46-28-20-42(65-63)21-29-46)78-62(72)41-19-37-55-57(39-41)51-14-10-12-16-53(51)60(55)70-68-45-26-34-49(35-27-45)80(75,76)47-30-22-43(66-64)23-31-47/h40-58,65-68H,2-39,63-64H2,1H3/b69-59+,70-60+. The minimum Gasteiger partial charge on any atom is -0.425 e. The molecular weight excluding hydrogens is 1050 g/mol. The molecule has 10 aliphatic carbocycles. The Morgan fingerprint density at radius 2 is 0.800 bits per heavy atom. The summed E-state index contributed by atoms with van der Waals surface area (Å²) in [5.41, 5.74) is 15.5. The number of hydrazone groups is 2. The van der Waals surface area contributed by atoms with E-state index >= 15 is 0 Å². The van der Waals surface area contributed by atoms with Crippen molar-refractivity contribution in [2.24, 2.45) is 81.1 Å². The number of hydrogen-bond donors (Lipinski definition) is 6. The van der Waals surface area contributed by atoms with Crippen molar-refractivity contribution in [1.29, 1.82) is 0 Å². The predicted octanol–water partition coefficient (Wildman–Crippen LogP) is 10.1. The summed E-state index contributed by atoms with van der Waals surface area (Å²) in [5.74, 6) is 13.8. The van der Waals surface area contributed by atoms with E-state index in [0.717, 1.165) is 135 Å². The van der Waals surface area contributed by atoms with E-state index in [0.29, 0.717) is 105 Å². The lowest BCUT2D eigenvalue weighted by Crippen LogP contribution is -2.44. The lowest BCUT2D eigenvalue weighted by Gasteiger charge is -2.36. The van der Waals surface area contributed by atoms with Gasteiger partial charge in [0.1, 0.15) is 0 Å². The zero-order valence-electron chi connectivity index (χ0n) is 49.0. The molecule has 0 spiro atoms. The van der Waals surface area contributed by atoms with Crippen LogP contribution in [0.2, 0.25) is 0 Å². The maximum Gasteiger partial charge on any atom is 0.312 e. The van der Waals surface area contributed by atoms with Crippen LogP contribution in [0.5, 0.6) is 0 Å². The van der Waals surface area contributed by atoms with Gasteiger partial charge in [0.2, 0.25) is 6.29 Å². The number of carbonyl (C=O) groups excluding carboxylic acids is 2. The molecule has 0 aliphatic heterocycles. The number of esters is 2. The Bertz CT molecular complexity index is 2160. The summed E-state index contributed by atoms with van der Waals surface area (Å²) >= 11 is 0. The highest BCUT2D eigenvalue weighted by Gasteiger charge is 2.54. The Morgan fingerprint density at radius 1 is 0.450 bits per heavy atom. The first kappa shape index (κ1) is 60.7. The SMILES string of the molecule is CCCCCCCCCC(OC(=O)C1CCC2/C(=N/NC3CCC(S(=O)(=O)C4CCC(NN)CC4)CC3)C3CCCCC3C2C1)OC(=O)C1CCC2/C(=N/NC3CCC(S(=O)(=O)C4CCC(NN)CC4)CC3)C3CCCCC3C2C1. The number of hydrazine groups is 2. The number of rotatable bonds is 22. The molecule has 10 saturated carbocycles. The maximum atomic E-state index is 14.5. The third kappa shape index (κ3) is 14.1. The number of unbranched alkanes of at least 4 members (excludes halogenated alkanes) is 6. The van der Waals surface area contributed by atoms with Crippen molar-refractivity contribution in [2.45, 2.75) is 302 Å². The van der Waals surface area contributed by atoms with Gasteiger partial charge in [-0.1, -0.05) is 71.1 Å². The third-order valence-corrected chi connectivity index (χ3v) is 28.6. The molecule has 10 rings (SSSR count). The molecular formula is C62H106N8O8S2. The molecule has 10 atom stereocenters. The molecule has 0 aromatic heterocycles. The van der Waals surface area contributed by atoms with Crippen molar-refractivity contribution in [3.63, 3.8) is 0 Å². The zero-order chi connectivity index (χ0) is 55.8. The quantitative estimate of drug-likeness (QED) is 0.0194. The van der Waals surface area contributed by atoms with Crippen LogP contribution < -0.4 is 33.4 Å². The van der Waals surface area contributed by atoms with Crippen LogP contribution in [0, 0.1) is 59.2 Å². The van der Waals surface area contributed by atoms with Crippen molar-refractivity contribution in [2.75, 3.05) is 0 Å². The average Bonchev–Trinajstić information content (AvgIpc) is 4.22. The van der Waals surface area contributed by atoms with Gasteiger partial charge >= 0.3 is 11.9 Å². The minimum atomic E-state index is -3.18. The first-order chi connectivity index (χ1) is 38.9.